The van der Waals surface area contributed by atoms with Crippen LogP contribution in [0.1, 0.15) is 38.2 Å². The van der Waals surface area contributed by atoms with E-state index in [9.17, 15) is 18.0 Å². The molecule has 1 aliphatic carbocycles. The van der Waals surface area contributed by atoms with E-state index in [1.807, 2.05) is 51.2 Å². The number of aryl methyl sites for hydroxylation is 1. The van der Waals surface area contributed by atoms with Crippen molar-refractivity contribution in [2.45, 2.75) is 57.8 Å². The Morgan fingerprint density at radius 3 is 2.14 bits per heavy atom. The number of urea groups is 1. The van der Waals surface area contributed by atoms with Crippen molar-refractivity contribution < 1.29 is 27.9 Å². The van der Waals surface area contributed by atoms with Gasteiger partial charge in [0.15, 0.2) is 0 Å². The number of hydrogen-bond donors (Lipinski definition) is 3. The highest BCUT2D eigenvalue weighted by atomic mass is 35.5. The molecule has 2 aromatic rings. The van der Waals surface area contributed by atoms with Gasteiger partial charge in [0.1, 0.15) is 5.82 Å². The van der Waals surface area contributed by atoms with Crippen LogP contribution < -0.4 is 20.4 Å². The minimum Gasteiger partial charge on any atom is -0.475 e. The van der Waals surface area contributed by atoms with Crippen LogP contribution in [0.3, 0.4) is 0 Å². The molecule has 1 fully saturated rings. The number of hydrogen-bond acceptors (Lipinski definition) is 6. The van der Waals surface area contributed by atoms with Crippen molar-refractivity contribution in [1.82, 2.24) is 15.3 Å². The molecule has 0 atom stereocenters. The lowest BCUT2D eigenvalue weighted by Crippen LogP contribution is -2.47. The molecular formula is C24H32ClF3N6O3. The average Bonchev–Trinajstić information content (AvgIpc) is 2.83. The lowest BCUT2D eigenvalue weighted by Gasteiger charge is -2.31. The summed E-state index contributed by atoms with van der Waals surface area (Å²) < 4.78 is 31.7. The number of anilines is 3. The van der Waals surface area contributed by atoms with E-state index in [0.717, 1.165) is 42.8 Å². The monoisotopic (exact) mass is 544 g/mol. The number of amides is 2. The maximum Gasteiger partial charge on any atom is 0.490 e. The maximum atomic E-state index is 12.8. The molecule has 1 heterocycles. The number of carbonyl (C=O) groups excluding carboxylic acids is 1. The van der Waals surface area contributed by atoms with Crippen molar-refractivity contribution in [3.8, 4) is 0 Å². The first-order valence-corrected chi connectivity index (χ1v) is 12.1. The Morgan fingerprint density at radius 2 is 1.65 bits per heavy atom. The van der Waals surface area contributed by atoms with E-state index >= 15 is 0 Å². The molecule has 204 valence electrons. The van der Waals surface area contributed by atoms with Crippen LogP contribution in [0.25, 0.3) is 0 Å². The van der Waals surface area contributed by atoms with E-state index in [1.165, 1.54) is 0 Å². The van der Waals surface area contributed by atoms with Crippen molar-refractivity contribution in [3.05, 3.63) is 41.0 Å². The van der Waals surface area contributed by atoms with Gasteiger partial charge >= 0.3 is 18.2 Å². The van der Waals surface area contributed by atoms with Crippen LogP contribution in [-0.4, -0.2) is 66.0 Å². The van der Waals surface area contributed by atoms with Gasteiger partial charge in [-0.25, -0.2) is 14.6 Å². The molecule has 1 aromatic heterocycles. The second kappa shape index (κ2) is 13.3. The highest BCUT2D eigenvalue weighted by molar-refractivity contribution is 6.30. The third-order valence-electron chi connectivity index (χ3n) is 5.70. The van der Waals surface area contributed by atoms with E-state index in [1.54, 1.807) is 17.0 Å². The molecule has 0 unspecified atom stereocenters. The standard InChI is InChI=1S/C22H31ClN6O.C2HF3O2/c1-5-29(19-12-6-16(23)7-13-19)22(30)26-18-10-8-17(9-11-18)25-21-24-14-15(2)20(27-21)28(3)4;3-2(4,5)1(6)7/h6-7,12-14,17-18H,5,8-11H2,1-4H3,(H,26,30)(H,24,25,27);(H,6,7)/t17-,18+;. The molecule has 0 aliphatic heterocycles. The molecule has 1 aromatic carbocycles. The molecule has 0 saturated heterocycles. The van der Waals surface area contributed by atoms with Crippen molar-refractivity contribution in [2.75, 3.05) is 35.8 Å². The molecular weight excluding hydrogens is 513 g/mol. The van der Waals surface area contributed by atoms with Gasteiger partial charge in [-0.15, -0.1) is 0 Å². The minimum absolute atomic E-state index is 0.0614. The van der Waals surface area contributed by atoms with Gasteiger partial charge in [0.05, 0.1) is 0 Å². The third-order valence-corrected chi connectivity index (χ3v) is 5.95. The SMILES string of the molecule is CCN(C(=O)N[C@H]1CC[C@@H](Nc2ncc(C)c(N(C)C)n2)CC1)c1ccc(Cl)cc1.O=C(O)C(F)(F)F. The first-order chi connectivity index (χ1) is 17.3. The quantitative estimate of drug-likeness (QED) is 0.464. The van der Waals surface area contributed by atoms with Gasteiger partial charge in [-0.3, -0.25) is 4.90 Å². The van der Waals surface area contributed by atoms with Crippen molar-refractivity contribution in [2.24, 2.45) is 0 Å². The zero-order chi connectivity index (χ0) is 27.8. The summed E-state index contributed by atoms with van der Waals surface area (Å²) in [6, 6.07) is 7.78. The summed E-state index contributed by atoms with van der Waals surface area (Å²) in [6.45, 7) is 4.58. The third kappa shape index (κ3) is 9.27. The van der Waals surface area contributed by atoms with Crippen molar-refractivity contribution in [1.29, 1.82) is 0 Å². The second-order valence-corrected chi connectivity index (χ2v) is 9.20. The average molecular weight is 545 g/mol. The lowest BCUT2D eigenvalue weighted by atomic mass is 9.91. The van der Waals surface area contributed by atoms with Crippen LogP contribution in [-0.2, 0) is 4.79 Å². The Hall–Kier alpha value is -3.28. The molecule has 1 saturated carbocycles. The van der Waals surface area contributed by atoms with Gasteiger partial charge < -0.3 is 20.6 Å². The number of rotatable bonds is 6. The second-order valence-electron chi connectivity index (χ2n) is 8.76. The van der Waals surface area contributed by atoms with Gasteiger partial charge in [-0.05, 0) is 63.8 Å². The number of benzene rings is 1. The fourth-order valence-electron chi connectivity index (χ4n) is 3.84. The van der Waals surface area contributed by atoms with E-state index < -0.39 is 12.1 Å². The highest BCUT2D eigenvalue weighted by Crippen LogP contribution is 2.24. The maximum absolute atomic E-state index is 12.8. The summed E-state index contributed by atoms with van der Waals surface area (Å²) in [6.07, 6.45) is 0.549. The van der Waals surface area contributed by atoms with E-state index in [4.69, 9.17) is 21.5 Å². The molecule has 2 amide bonds. The number of aliphatic carboxylic acids is 1. The fraction of sp³-hybridized carbons (Fsp3) is 0.500. The number of nitrogens with one attached hydrogen (secondary N) is 2. The van der Waals surface area contributed by atoms with Gasteiger partial charge in [-0.1, -0.05) is 11.6 Å². The minimum atomic E-state index is -5.08. The molecule has 37 heavy (non-hydrogen) atoms. The van der Waals surface area contributed by atoms with Crippen LogP contribution in [0.15, 0.2) is 30.5 Å². The Bertz CT molecular complexity index is 1050. The van der Waals surface area contributed by atoms with Crippen LogP contribution in [0, 0.1) is 6.92 Å². The van der Waals surface area contributed by atoms with Crippen LogP contribution in [0.2, 0.25) is 5.02 Å². The molecule has 0 spiro atoms. The Balaban J connectivity index is 0.000000604. The molecule has 13 heteroatoms. The summed E-state index contributed by atoms with van der Waals surface area (Å²) in [4.78, 5) is 34.5. The van der Waals surface area contributed by atoms with E-state index in [0.29, 0.717) is 23.6 Å². The molecule has 0 radical (unpaired) electrons. The fourth-order valence-corrected chi connectivity index (χ4v) is 3.96. The van der Waals surface area contributed by atoms with Gasteiger partial charge in [0.2, 0.25) is 5.95 Å². The lowest BCUT2D eigenvalue weighted by molar-refractivity contribution is -0.192. The van der Waals surface area contributed by atoms with E-state index in [-0.39, 0.29) is 12.1 Å². The summed E-state index contributed by atoms with van der Waals surface area (Å²) >= 11 is 5.96. The number of alkyl halides is 3. The Kier molecular flexibility index (Phi) is 10.8. The number of carbonyl (C=O) groups is 2. The first kappa shape index (κ1) is 29.9. The highest BCUT2D eigenvalue weighted by Gasteiger charge is 2.38. The summed E-state index contributed by atoms with van der Waals surface area (Å²) in [7, 11) is 3.97. The van der Waals surface area contributed by atoms with Crippen molar-refractivity contribution >= 4 is 41.1 Å². The molecule has 3 rings (SSSR count). The summed E-state index contributed by atoms with van der Waals surface area (Å²) in [5, 5.41) is 14.4. The zero-order valence-electron chi connectivity index (χ0n) is 21.1. The topological polar surface area (TPSA) is 111 Å². The predicted octanol–water partition coefficient (Wildman–Crippen LogP) is 5.10. The van der Waals surface area contributed by atoms with Gasteiger partial charge in [0, 0.05) is 55.2 Å². The van der Waals surface area contributed by atoms with Crippen LogP contribution in [0.5, 0.6) is 0 Å². The number of aromatic nitrogens is 2. The molecule has 9 nitrogen and oxygen atoms in total. The van der Waals surface area contributed by atoms with Crippen LogP contribution in [0.4, 0.5) is 35.4 Å². The van der Waals surface area contributed by atoms with Gasteiger partial charge in [0.25, 0.3) is 0 Å². The number of carboxylic acids is 1. The largest absolute Gasteiger partial charge is 0.490 e. The smallest absolute Gasteiger partial charge is 0.475 e. The van der Waals surface area contributed by atoms with Crippen molar-refractivity contribution in [3.63, 3.8) is 0 Å². The number of halogens is 4. The van der Waals surface area contributed by atoms with Gasteiger partial charge in [-0.2, -0.15) is 18.2 Å². The van der Waals surface area contributed by atoms with E-state index in [2.05, 4.69) is 20.6 Å². The summed E-state index contributed by atoms with van der Waals surface area (Å²) in [5.41, 5.74) is 1.90. The zero-order valence-corrected chi connectivity index (χ0v) is 21.9. The first-order valence-electron chi connectivity index (χ1n) is 11.7. The number of nitrogens with zero attached hydrogens (tertiary/aromatic N) is 4. The Morgan fingerprint density at radius 1 is 1.11 bits per heavy atom. The molecule has 1 aliphatic rings. The molecule has 0 bridgehead atoms. The Labute approximate surface area is 219 Å². The number of carboxylic acid groups (broad SMARTS) is 1. The predicted molar refractivity (Wildman–Crippen MR) is 137 cm³/mol. The normalized spacial score (nSPS) is 17.2. The van der Waals surface area contributed by atoms with Crippen LogP contribution >= 0.6 is 11.6 Å². The molecule has 3 N–H and O–H groups in total. The summed E-state index contributed by atoms with van der Waals surface area (Å²) in [5.74, 6) is -1.17.